The van der Waals surface area contributed by atoms with Crippen molar-refractivity contribution in [1.29, 1.82) is 0 Å². The minimum atomic E-state index is -0.483. The molecular weight excluding hydrogens is 320 g/mol. The molecule has 1 heterocycles. The molecule has 0 saturated heterocycles. The van der Waals surface area contributed by atoms with Crippen LogP contribution >= 0.6 is 0 Å². The lowest BCUT2D eigenvalue weighted by molar-refractivity contribution is 0.165. The Labute approximate surface area is 155 Å². The standard InChI is InChI=1S/C23H26N2O/c1-17-11-13-18(14-12-17)22-16-20(19-8-5-6-9-21(19)25-22)23(26)10-4-3-7-15-24-2/h5-6,8-9,11-14,16,23,26H,2-4,7,10,15H2,1H3/t23-/m1/s1. The lowest BCUT2D eigenvalue weighted by Gasteiger charge is -2.15. The molecule has 0 bridgehead atoms. The van der Waals surface area contributed by atoms with Crippen LogP contribution in [0.4, 0.5) is 0 Å². The highest BCUT2D eigenvalue weighted by Gasteiger charge is 2.14. The van der Waals surface area contributed by atoms with Gasteiger partial charge in [-0.25, -0.2) is 4.98 Å². The number of aliphatic hydroxyl groups is 1. The van der Waals surface area contributed by atoms with Crippen LogP contribution in [-0.4, -0.2) is 23.4 Å². The van der Waals surface area contributed by atoms with E-state index in [0.717, 1.165) is 60.0 Å². The van der Waals surface area contributed by atoms with Crippen LogP contribution in [0.5, 0.6) is 0 Å². The number of benzene rings is 2. The Bertz CT molecular complexity index is 871. The average molecular weight is 346 g/mol. The molecule has 1 aromatic heterocycles. The van der Waals surface area contributed by atoms with Gasteiger partial charge in [0.1, 0.15) is 0 Å². The van der Waals surface area contributed by atoms with Gasteiger partial charge in [0.15, 0.2) is 0 Å². The first-order valence-corrected chi connectivity index (χ1v) is 9.26. The number of aliphatic imine (C=N–C) groups is 1. The number of hydrogen-bond donors (Lipinski definition) is 1. The van der Waals surface area contributed by atoms with Gasteiger partial charge in [0.2, 0.25) is 0 Å². The smallest absolute Gasteiger partial charge is 0.0797 e. The fourth-order valence-electron chi connectivity index (χ4n) is 3.24. The Kier molecular flexibility index (Phi) is 6.13. The Morgan fingerprint density at radius 1 is 1.04 bits per heavy atom. The van der Waals surface area contributed by atoms with Crippen LogP contribution in [-0.2, 0) is 0 Å². The predicted octanol–water partition coefficient (Wildman–Crippen LogP) is 5.50. The third-order valence-corrected chi connectivity index (χ3v) is 4.75. The van der Waals surface area contributed by atoms with Crippen LogP contribution in [0.1, 0.15) is 42.9 Å². The largest absolute Gasteiger partial charge is 0.388 e. The number of unbranched alkanes of at least 4 members (excludes halogenated alkanes) is 2. The lowest BCUT2D eigenvalue weighted by atomic mass is 9.97. The first-order valence-electron chi connectivity index (χ1n) is 9.26. The lowest BCUT2D eigenvalue weighted by Crippen LogP contribution is -2.01. The van der Waals surface area contributed by atoms with Gasteiger partial charge >= 0.3 is 0 Å². The first-order chi connectivity index (χ1) is 12.7. The summed E-state index contributed by atoms with van der Waals surface area (Å²) < 4.78 is 0. The van der Waals surface area contributed by atoms with Gasteiger partial charge < -0.3 is 10.1 Å². The molecule has 3 nitrogen and oxygen atoms in total. The van der Waals surface area contributed by atoms with E-state index in [1.165, 1.54) is 5.56 Å². The number of fused-ring (bicyclic) bond motifs is 1. The number of hydrogen-bond acceptors (Lipinski definition) is 3. The molecule has 0 spiro atoms. The van der Waals surface area contributed by atoms with Crippen LogP contribution < -0.4 is 0 Å². The number of pyridine rings is 1. The summed E-state index contributed by atoms with van der Waals surface area (Å²) in [6.07, 6.45) is 3.33. The molecule has 0 amide bonds. The van der Waals surface area contributed by atoms with E-state index in [9.17, 15) is 5.11 Å². The summed E-state index contributed by atoms with van der Waals surface area (Å²) in [5.74, 6) is 0. The number of aryl methyl sites for hydroxylation is 1. The Hall–Kier alpha value is -2.52. The molecule has 3 rings (SSSR count). The molecule has 134 valence electrons. The Morgan fingerprint density at radius 2 is 1.81 bits per heavy atom. The molecule has 1 atom stereocenters. The summed E-state index contributed by atoms with van der Waals surface area (Å²) in [6, 6.07) is 18.5. The van der Waals surface area contributed by atoms with Crippen molar-refractivity contribution >= 4 is 17.6 Å². The second-order valence-electron chi connectivity index (χ2n) is 6.79. The highest BCUT2D eigenvalue weighted by atomic mass is 16.3. The second-order valence-corrected chi connectivity index (χ2v) is 6.79. The van der Waals surface area contributed by atoms with Crippen molar-refractivity contribution in [1.82, 2.24) is 4.98 Å². The maximum atomic E-state index is 10.8. The maximum Gasteiger partial charge on any atom is 0.0797 e. The summed E-state index contributed by atoms with van der Waals surface area (Å²) in [6.45, 7) is 6.39. The van der Waals surface area contributed by atoms with Crippen molar-refractivity contribution < 1.29 is 5.11 Å². The quantitative estimate of drug-likeness (QED) is 0.432. The zero-order valence-electron chi connectivity index (χ0n) is 15.4. The molecule has 1 N–H and O–H groups in total. The van der Waals surface area contributed by atoms with E-state index in [1.807, 2.05) is 30.3 Å². The van der Waals surface area contributed by atoms with Gasteiger partial charge in [-0.15, -0.1) is 0 Å². The first kappa shape index (κ1) is 18.3. The normalized spacial score (nSPS) is 12.2. The highest BCUT2D eigenvalue weighted by Crippen LogP contribution is 2.31. The van der Waals surface area contributed by atoms with Crippen molar-refractivity contribution in [2.45, 2.75) is 38.7 Å². The fourth-order valence-corrected chi connectivity index (χ4v) is 3.24. The van der Waals surface area contributed by atoms with Gasteiger partial charge in [0.05, 0.1) is 17.3 Å². The molecule has 0 unspecified atom stereocenters. The number of nitrogens with zero attached hydrogens (tertiary/aromatic N) is 2. The SMILES string of the molecule is C=NCCCCC[C@@H](O)c1cc(-c2ccc(C)cc2)nc2ccccc12. The van der Waals surface area contributed by atoms with E-state index < -0.39 is 6.10 Å². The summed E-state index contributed by atoms with van der Waals surface area (Å²) in [5, 5.41) is 11.9. The molecule has 0 aliphatic rings. The van der Waals surface area contributed by atoms with Crippen molar-refractivity contribution in [2.24, 2.45) is 4.99 Å². The number of aromatic nitrogens is 1. The summed E-state index contributed by atoms with van der Waals surface area (Å²) in [7, 11) is 0. The van der Waals surface area contributed by atoms with E-state index in [2.05, 4.69) is 42.9 Å². The van der Waals surface area contributed by atoms with Gasteiger partial charge in [-0.1, -0.05) is 60.9 Å². The molecule has 3 heteroatoms. The topological polar surface area (TPSA) is 45.5 Å². The van der Waals surface area contributed by atoms with Crippen molar-refractivity contribution in [2.75, 3.05) is 6.54 Å². The van der Waals surface area contributed by atoms with Crippen LogP contribution in [0.25, 0.3) is 22.2 Å². The minimum Gasteiger partial charge on any atom is -0.388 e. The molecular formula is C23H26N2O. The van der Waals surface area contributed by atoms with Crippen LogP contribution in [0.15, 0.2) is 59.6 Å². The molecule has 0 aliphatic heterocycles. The Morgan fingerprint density at radius 3 is 2.58 bits per heavy atom. The Balaban J connectivity index is 1.90. The van der Waals surface area contributed by atoms with Gasteiger partial charge in [0, 0.05) is 17.5 Å². The van der Waals surface area contributed by atoms with Crippen molar-refractivity contribution in [3.63, 3.8) is 0 Å². The molecule has 2 aromatic carbocycles. The van der Waals surface area contributed by atoms with Gasteiger partial charge in [-0.05, 0) is 44.2 Å². The molecule has 0 aliphatic carbocycles. The average Bonchev–Trinajstić information content (AvgIpc) is 2.67. The molecule has 26 heavy (non-hydrogen) atoms. The monoisotopic (exact) mass is 346 g/mol. The summed E-state index contributed by atoms with van der Waals surface area (Å²) in [4.78, 5) is 8.69. The summed E-state index contributed by atoms with van der Waals surface area (Å²) >= 11 is 0. The highest BCUT2D eigenvalue weighted by molar-refractivity contribution is 5.85. The molecule has 0 radical (unpaired) electrons. The second kappa shape index (κ2) is 8.72. The van der Waals surface area contributed by atoms with Crippen LogP contribution in [0, 0.1) is 6.92 Å². The fraction of sp³-hybridized carbons (Fsp3) is 0.304. The predicted molar refractivity (Wildman–Crippen MR) is 110 cm³/mol. The number of aliphatic hydroxyl groups excluding tert-OH is 1. The van der Waals surface area contributed by atoms with E-state index in [0.29, 0.717) is 0 Å². The zero-order valence-corrected chi connectivity index (χ0v) is 15.4. The minimum absolute atomic E-state index is 0.483. The molecule has 0 fully saturated rings. The zero-order chi connectivity index (χ0) is 18.4. The van der Waals surface area contributed by atoms with E-state index in [4.69, 9.17) is 4.98 Å². The van der Waals surface area contributed by atoms with Crippen LogP contribution in [0.3, 0.4) is 0 Å². The van der Waals surface area contributed by atoms with E-state index in [1.54, 1.807) is 0 Å². The maximum absolute atomic E-state index is 10.8. The van der Waals surface area contributed by atoms with Gasteiger partial charge in [0.25, 0.3) is 0 Å². The molecule has 0 saturated carbocycles. The van der Waals surface area contributed by atoms with Crippen molar-refractivity contribution in [3.8, 4) is 11.3 Å². The van der Waals surface area contributed by atoms with Gasteiger partial charge in [-0.3, -0.25) is 0 Å². The number of para-hydroxylation sites is 1. The third kappa shape index (κ3) is 4.36. The van der Waals surface area contributed by atoms with E-state index >= 15 is 0 Å². The number of rotatable bonds is 8. The molecule has 3 aromatic rings. The van der Waals surface area contributed by atoms with Crippen molar-refractivity contribution in [3.05, 3.63) is 65.7 Å². The van der Waals surface area contributed by atoms with Gasteiger partial charge in [-0.2, -0.15) is 0 Å². The van der Waals surface area contributed by atoms with E-state index in [-0.39, 0.29) is 0 Å². The summed E-state index contributed by atoms with van der Waals surface area (Å²) in [5.41, 5.74) is 5.10. The third-order valence-electron chi connectivity index (χ3n) is 4.75. The van der Waals surface area contributed by atoms with Crippen LogP contribution in [0.2, 0.25) is 0 Å².